The minimum atomic E-state index is 0.715. The summed E-state index contributed by atoms with van der Waals surface area (Å²) >= 11 is 0. The van der Waals surface area contributed by atoms with E-state index in [1.165, 1.54) is 6.39 Å². The SMILES string of the molecule is c1ccc(CCNCc2cnco2)nc1. The molecule has 78 valence electrons. The van der Waals surface area contributed by atoms with Crippen molar-refractivity contribution >= 4 is 0 Å². The first-order valence-electron chi connectivity index (χ1n) is 4.93. The van der Waals surface area contributed by atoms with Crippen LogP contribution >= 0.6 is 0 Å². The Kier molecular flexibility index (Phi) is 3.46. The van der Waals surface area contributed by atoms with Crippen molar-refractivity contribution in [2.75, 3.05) is 6.54 Å². The first-order valence-corrected chi connectivity index (χ1v) is 4.93. The lowest BCUT2D eigenvalue weighted by Crippen LogP contribution is -2.16. The van der Waals surface area contributed by atoms with Crippen molar-refractivity contribution in [1.29, 1.82) is 0 Å². The second-order valence-electron chi connectivity index (χ2n) is 3.22. The third-order valence-electron chi connectivity index (χ3n) is 2.07. The van der Waals surface area contributed by atoms with Gasteiger partial charge < -0.3 is 9.73 Å². The van der Waals surface area contributed by atoms with E-state index in [0.29, 0.717) is 6.54 Å². The van der Waals surface area contributed by atoms with Crippen LogP contribution in [0.2, 0.25) is 0 Å². The zero-order valence-corrected chi connectivity index (χ0v) is 8.39. The van der Waals surface area contributed by atoms with Crippen LogP contribution in [-0.4, -0.2) is 16.5 Å². The van der Waals surface area contributed by atoms with Gasteiger partial charge in [0.1, 0.15) is 5.76 Å². The number of nitrogens with zero attached hydrogens (tertiary/aromatic N) is 2. The largest absolute Gasteiger partial charge is 0.447 e. The van der Waals surface area contributed by atoms with Crippen molar-refractivity contribution in [3.8, 4) is 0 Å². The van der Waals surface area contributed by atoms with Crippen LogP contribution in [0.1, 0.15) is 11.5 Å². The summed E-state index contributed by atoms with van der Waals surface area (Å²) < 4.78 is 5.10. The number of nitrogens with one attached hydrogen (secondary N) is 1. The molecule has 0 aromatic carbocycles. The molecule has 0 aliphatic carbocycles. The van der Waals surface area contributed by atoms with E-state index in [1.807, 2.05) is 24.4 Å². The monoisotopic (exact) mass is 203 g/mol. The molecule has 0 amide bonds. The summed E-state index contributed by atoms with van der Waals surface area (Å²) in [5.41, 5.74) is 1.10. The van der Waals surface area contributed by atoms with Crippen LogP contribution in [0.3, 0.4) is 0 Å². The number of aromatic nitrogens is 2. The lowest BCUT2D eigenvalue weighted by atomic mass is 10.3. The second kappa shape index (κ2) is 5.26. The fourth-order valence-corrected chi connectivity index (χ4v) is 1.30. The number of oxazole rings is 1. The number of hydrogen-bond donors (Lipinski definition) is 1. The molecule has 4 heteroatoms. The van der Waals surface area contributed by atoms with E-state index in [0.717, 1.165) is 24.4 Å². The quantitative estimate of drug-likeness (QED) is 0.746. The molecule has 0 saturated heterocycles. The van der Waals surface area contributed by atoms with Gasteiger partial charge in [-0.05, 0) is 12.1 Å². The molecular weight excluding hydrogens is 190 g/mol. The molecule has 0 aliphatic heterocycles. The van der Waals surface area contributed by atoms with Crippen molar-refractivity contribution in [3.63, 3.8) is 0 Å². The average Bonchev–Trinajstić information content (AvgIpc) is 2.79. The molecule has 0 spiro atoms. The van der Waals surface area contributed by atoms with Gasteiger partial charge in [0.25, 0.3) is 0 Å². The molecule has 2 aromatic rings. The molecule has 2 heterocycles. The molecule has 1 N–H and O–H groups in total. The maximum Gasteiger partial charge on any atom is 0.180 e. The van der Waals surface area contributed by atoms with E-state index in [2.05, 4.69) is 15.3 Å². The molecule has 2 aromatic heterocycles. The Morgan fingerprint density at radius 2 is 2.33 bits per heavy atom. The summed E-state index contributed by atoms with van der Waals surface area (Å²) in [6, 6.07) is 5.94. The Balaban J connectivity index is 1.68. The summed E-state index contributed by atoms with van der Waals surface area (Å²) in [4.78, 5) is 8.08. The highest BCUT2D eigenvalue weighted by molar-refractivity contribution is 5.03. The van der Waals surface area contributed by atoms with Crippen molar-refractivity contribution in [2.45, 2.75) is 13.0 Å². The van der Waals surface area contributed by atoms with Gasteiger partial charge in [-0.2, -0.15) is 0 Å². The van der Waals surface area contributed by atoms with Gasteiger partial charge in [0.2, 0.25) is 0 Å². The van der Waals surface area contributed by atoms with Gasteiger partial charge in [0.15, 0.2) is 6.39 Å². The van der Waals surface area contributed by atoms with Gasteiger partial charge >= 0.3 is 0 Å². The van der Waals surface area contributed by atoms with Crippen LogP contribution in [0.15, 0.2) is 41.4 Å². The highest BCUT2D eigenvalue weighted by Crippen LogP contribution is 1.96. The number of rotatable bonds is 5. The molecule has 15 heavy (non-hydrogen) atoms. The Morgan fingerprint density at radius 1 is 1.33 bits per heavy atom. The zero-order valence-electron chi connectivity index (χ0n) is 8.39. The number of hydrogen-bond acceptors (Lipinski definition) is 4. The molecule has 4 nitrogen and oxygen atoms in total. The maximum atomic E-state index is 5.10. The minimum Gasteiger partial charge on any atom is -0.447 e. The first kappa shape index (κ1) is 9.86. The van der Waals surface area contributed by atoms with Gasteiger partial charge in [-0.15, -0.1) is 0 Å². The summed E-state index contributed by atoms with van der Waals surface area (Å²) in [7, 11) is 0. The van der Waals surface area contributed by atoms with Crippen LogP contribution < -0.4 is 5.32 Å². The van der Waals surface area contributed by atoms with E-state index < -0.39 is 0 Å². The first-order chi connectivity index (χ1) is 7.45. The number of pyridine rings is 1. The predicted molar refractivity (Wildman–Crippen MR) is 56.2 cm³/mol. The van der Waals surface area contributed by atoms with Gasteiger partial charge in [0, 0.05) is 24.9 Å². The Hall–Kier alpha value is -1.68. The molecule has 0 bridgehead atoms. The summed E-state index contributed by atoms with van der Waals surface area (Å²) in [5, 5.41) is 3.26. The van der Waals surface area contributed by atoms with Crippen molar-refractivity contribution in [3.05, 3.63) is 48.4 Å². The lowest BCUT2D eigenvalue weighted by Gasteiger charge is -2.01. The Bertz CT molecular complexity index is 372. The summed E-state index contributed by atoms with van der Waals surface area (Å²) in [5.74, 6) is 0.857. The smallest absolute Gasteiger partial charge is 0.180 e. The topological polar surface area (TPSA) is 51.0 Å². The van der Waals surface area contributed by atoms with Crippen LogP contribution in [0.25, 0.3) is 0 Å². The van der Waals surface area contributed by atoms with E-state index >= 15 is 0 Å². The van der Waals surface area contributed by atoms with Gasteiger partial charge in [-0.25, -0.2) is 4.98 Å². The van der Waals surface area contributed by atoms with Crippen LogP contribution in [0.4, 0.5) is 0 Å². The molecule has 0 atom stereocenters. The van der Waals surface area contributed by atoms with E-state index in [4.69, 9.17) is 4.42 Å². The van der Waals surface area contributed by atoms with Crippen LogP contribution in [0, 0.1) is 0 Å². The molecule has 0 radical (unpaired) electrons. The second-order valence-corrected chi connectivity index (χ2v) is 3.22. The third-order valence-corrected chi connectivity index (χ3v) is 2.07. The zero-order chi connectivity index (χ0) is 10.3. The Labute approximate surface area is 88.4 Å². The van der Waals surface area contributed by atoms with E-state index in [9.17, 15) is 0 Å². The van der Waals surface area contributed by atoms with Gasteiger partial charge in [-0.1, -0.05) is 6.07 Å². The maximum absolute atomic E-state index is 5.10. The van der Waals surface area contributed by atoms with Crippen molar-refractivity contribution < 1.29 is 4.42 Å². The van der Waals surface area contributed by atoms with Crippen LogP contribution in [-0.2, 0) is 13.0 Å². The highest BCUT2D eigenvalue weighted by atomic mass is 16.3. The average molecular weight is 203 g/mol. The normalized spacial score (nSPS) is 10.4. The summed E-state index contributed by atoms with van der Waals surface area (Å²) in [6.07, 6.45) is 5.89. The molecule has 0 unspecified atom stereocenters. The summed E-state index contributed by atoms with van der Waals surface area (Å²) in [6.45, 7) is 1.60. The standard InChI is InChI=1S/C11H13N3O/c1-2-5-14-10(3-1)4-6-12-7-11-8-13-9-15-11/h1-3,5,8-9,12H,4,6-7H2. The van der Waals surface area contributed by atoms with Crippen molar-refractivity contribution in [1.82, 2.24) is 15.3 Å². The minimum absolute atomic E-state index is 0.715. The van der Waals surface area contributed by atoms with Gasteiger partial charge in [-0.3, -0.25) is 4.98 Å². The Morgan fingerprint density at radius 3 is 3.07 bits per heavy atom. The van der Waals surface area contributed by atoms with Gasteiger partial charge in [0.05, 0.1) is 12.7 Å². The molecule has 0 fully saturated rings. The molecular formula is C11H13N3O. The predicted octanol–water partition coefficient (Wildman–Crippen LogP) is 1.40. The van der Waals surface area contributed by atoms with Crippen LogP contribution in [0.5, 0.6) is 0 Å². The fraction of sp³-hybridized carbons (Fsp3) is 0.273. The van der Waals surface area contributed by atoms with E-state index in [1.54, 1.807) is 6.20 Å². The molecule has 0 saturated carbocycles. The molecule has 0 aliphatic rings. The highest BCUT2D eigenvalue weighted by Gasteiger charge is 1.96. The third kappa shape index (κ3) is 3.18. The van der Waals surface area contributed by atoms with Crippen molar-refractivity contribution in [2.24, 2.45) is 0 Å². The molecule has 2 rings (SSSR count). The van der Waals surface area contributed by atoms with E-state index in [-0.39, 0.29) is 0 Å². The lowest BCUT2D eigenvalue weighted by molar-refractivity contribution is 0.480. The fourth-order valence-electron chi connectivity index (χ4n) is 1.30.